The highest BCUT2D eigenvalue weighted by Crippen LogP contribution is 2.33. The van der Waals surface area contributed by atoms with Crippen molar-refractivity contribution in [1.29, 1.82) is 5.26 Å². The molecule has 2 amide bonds. The molecule has 0 bridgehead atoms. The zero-order chi connectivity index (χ0) is 23.3. The van der Waals surface area contributed by atoms with E-state index in [1.54, 1.807) is 30.3 Å². The highest BCUT2D eigenvalue weighted by atomic mass is 35.5. The van der Waals surface area contributed by atoms with Gasteiger partial charge in [0.2, 0.25) is 5.91 Å². The molecular weight excluding hydrogens is 436 g/mol. The summed E-state index contributed by atoms with van der Waals surface area (Å²) in [6, 6.07) is 15.3. The molecule has 0 saturated carbocycles. The maximum absolute atomic E-state index is 12.5. The predicted molar refractivity (Wildman–Crippen MR) is 119 cm³/mol. The van der Waals surface area contributed by atoms with Crippen LogP contribution < -0.4 is 10.6 Å². The standard InChI is InChI=1S/C22H15ClN4O5/c1-13(28)25-16-3-5-17(6-4-16)26-22(29)14(12-24)10-18-7-9-21(32-18)19-8-2-15(23)11-20(19)27(30)31/h2-11H,1H3,(H,25,28)(H,26,29)/b14-10+. The fraction of sp³-hybridized carbons (Fsp3) is 0.0455. The molecule has 0 atom stereocenters. The van der Waals surface area contributed by atoms with Crippen molar-refractivity contribution in [3.05, 3.63) is 81.1 Å². The number of carbonyl (C=O) groups is 2. The van der Waals surface area contributed by atoms with Gasteiger partial charge < -0.3 is 15.1 Å². The smallest absolute Gasteiger partial charge is 0.281 e. The molecule has 3 rings (SSSR count). The van der Waals surface area contributed by atoms with Crippen molar-refractivity contribution >= 4 is 46.6 Å². The topological polar surface area (TPSA) is 138 Å². The number of nitro benzene ring substituents is 1. The summed E-state index contributed by atoms with van der Waals surface area (Å²) in [5, 5.41) is 26.1. The number of amides is 2. The lowest BCUT2D eigenvalue weighted by Crippen LogP contribution is -2.13. The lowest BCUT2D eigenvalue weighted by Gasteiger charge is -2.06. The predicted octanol–water partition coefficient (Wildman–Crippen LogP) is 5.01. The first-order valence-electron chi connectivity index (χ1n) is 9.12. The maximum atomic E-state index is 12.5. The number of hydrogen-bond donors (Lipinski definition) is 2. The summed E-state index contributed by atoms with van der Waals surface area (Å²) in [7, 11) is 0. The highest BCUT2D eigenvalue weighted by molar-refractivity contribution is 6.30. The van der Waals surface area contributed by atoms with Crippen LogP contribution in [0.15, 0.2) is 64.6 Å². The summed E-state index contributed by atoms with van der Waals surface area (Å²) in [6.07, 6.45) is 1.23. The van der Waals surface area contributed by atoms with Gasteiger partial charge in [-0.05, 0) is 48.5 Å². The molecule has 9 nitrogen and oxygen atoms in total. The maximum Gasteiger partial charge on any atom is 0.281 e. The average Bonchev–Trinajstić information content (AvgIpc) is 3.21. The van der Waals surface area contributed by atoms with Gasteiger partial charge in [0.1, 0.15) is 23.2 Å². The molecule has 160 valence electrons. The monoisotopic (exact) mass is 450 g/mol. The minimum Gasteiger partial charge on any atom is -0.456 e. The molecule has 1 aromatic heterocycles. The van der Waals surface area contributed by atoms with Crippen LogP contribution in [0.2, 0.25) is 5.02 Å². The van der Waals surface area contributed by atoms with Crippen LogP contribution in [0.25, 0.3) is 17.4 Å². The average molecular weight is 451 g/mol. The second kappa shape index (κ2) is 9.59. The quantitative estimate of drug-likeness (QED) is 0.234. The fourth-order valence-corrected chi connectivity index (χ4v) is 2.94. The van der Waals surface area contributed by atoms with Gasteiger partial charge in [-0.25, -0.2) is 0 Å². The molecule has 0 unspecified atom stereocenters. The third-order valence-electron chi connectivity index (χ3n) is 4.16. The molecule has 0 aliphatic heterocycles. The molecule has 3 aromatic rings. The van der Waals surface area contributed by atoms with Crippen molar-refractivity contribution in [1.82, 2.24) is 0 Å². The fourth-order valence-electron chi connectivity index (χ4n) is 2.77. The van der Waals surface area contributed by atoms with Gasteiger partial charge in [0.05, 0.1) is 10.5 Å². The van der Waals surface area contributed by atoms with Gasteiger partial charge in [-0.3, -0.25) is 19.7 Å². The minimum atomic E-state index is -0.671. The van der Waals surface area contributed by atoms with E-state index in [9.17, 15) is 25.0 Å². The normalized spacial score (nSPS) is 10.8. The largest absolute Gasteiger partial charge is 0.456 e. The van der Waals surface area contributed by atoms with Crippen molar-refractivity contribution in [2.75, 3.05) is 10.6 Å². The number of halogens is 1. The van der Waals surface area contributed by atoms with Crippen LogP contribution in [0.3, 0.4) is 0 Å². The van der Waals surface area contributed by atoms with E-state index in [2.05, 4.69) is 10.6 Å². The van der Waals surface area contributed by atoms with Gasteiger partial charge >= 0.3 is 0 Å². The molecule has 2 aromatic carbocycles. The third-order valence-corrected chi connectivity index (χ3v) is 4.40. The summed E-state index contributed by atoms with van der Waals surface area (Å²) in [5.41, 5.74) is 0.722. The SMILES string of the molecule is CC(=O)Nc1ccc(NC(=O)/C(C#N)=C/c2ccc(-c3ccc(Cl)cc3[N+](=O)[O-])o2)cc1. The summed E-state index contributed by atoms with van der Waals surface area (Å²) in [6.45, 7) is 1.38. The number of nitrogens with one attached hydrogen (secondary N) is 2. The Labute approximate surface area is 187 Å². The first-order chi connectivity index (χ1) is 15.3. The van der Waals surface area contributed by atoms with Crippen molar-refractivity contribution in [3.63, 3.8) is 0 Å². The number of nitro groups is 1. The molecule has 0 spiro atoms. The number of anilines is 2. The van der Waals surface area contributed by atoms with E-state index in [0.717, 1.165) is 0 Å². The minimum absolute atomic E-state index is 0.164. The van der Waals surface area contributed by atoms with Crippen LogP contribution in [-0.2, 0) is 9.59 Å². The van der Waals surface area contributed by atoms with Crippen LogP contribution in [0.1, 0.15) is 12.7 Å². The number of carbonyl (C=O) groups excluding carboxylic acids is 2. The second-order valence-electron chi connectivity index (χ2n) is 6.50. The van der Waals surface area contributed by atoms with Crippen molar-refractivity contribution in [3.8, 4) is 17.4 Å². The molecule has 1 heterocycles. The molecule has 0 saturated heterocycles. The Morgan fingerprint density at radius 2 is 1.75 bits per heavy atom. The highest BCUT2D eigenvalue weighted by Gasteiger charge is 2.19. The second-order valence-corrected chi connectivity index (χ2v) is 6.94. The van der Waals surface area contributed by atoms with E-state index in [-0.39, 0.29) is 39.3 Å². The Morgan fingerprint density at radius 1 is 1.09 bits per heavy atom. The molecular formula is C22H15ClN4O5. The van der Waals surface area contributed by atoms with Crippen LogP contribution in [-0.4, -0.2) is 16.7 Å². The van der Waals surface area contributed by atoms with Crippen molar-refractivity contribution < 1.29 is 18.9 Å². The number of rotatable bonds is 6. The number of benzene rings is 2. The molecule has 0 fully saturated rings. The number of nitriles is 1. The Balaban J connectivity index is 1.80. The van der Waals surface area contributed by atoms with E-state index < -0.39 is 10.8 Å². The molecule has 0 radical (unpaired) electrons. The molecule has 0 aliphatic rings. The van der Waals surface area contributed by atoms with E-state index in [1.165, 1.54) is 43.3 Å². The van der Waals surface area contributed by atoms with Crippen LogP contribution >= 0.6 is 11.6 Å². The number of hydrogen-bond acceptors (Lipinski definition) is 6. The lowest BCUT2D eigenvalue weighted by molar-refractivity contribution is -0.384. The lowest BCUT2D eigenvalue weighted by atomic mass is 10.1. The molecule has 0 aliphatic carbocycles. The van der Waals surface area contributed by atoms with E-state index in [0.29, 0.717) is 11.4 Å². The zero-order valence-corrected chi connectivity index (χ0v) is 17.3. The molecule has 10 heteroatoms. The molecule has 32 heavy (non-hydrogen) atoms. The van der Waals surface area contributed by atoms with E-state index >= 15 is 0 Å². The first-order valence-corrected chi connectivity index (χ1v) is 9.49. The Hall–Kier alpha value is -4.42. The Kier molecular flexibility index (Phi) is 6.68. The van der Waals surface area contributed by atoms with Gasteiger partial charge in [0.25, 0.3) is 11.6 Å². The summed E-state index contributed by atoms with van der Waals surface area (Å²) < 4.78 is 5.59. The van der Waals surface area contributed by atoms with Gasteiger partial charge in [-0.15, -0.1) is 0 Å². The summed E-state index contributed by atoms with van der Waals surface area (Å²) in [4.78, 5) is 34.2. The van der Waals surface area contributed by atoms with Gasteiger partial charge in [0, 0.05) is 35.5 Å². The van der Waals surface area contributed by atoms with Crippen molar-refractivity contribution in [2.45, 2.75) is 6.92 Å². The van der Waals surface area contributed by atoms with Gasteiger partial charge in [-0.2, -0.15) is 5.26 Å². The van der Waals surface area contributed by atoms with Gasteiger partial charge in [-0.1, -0.05) is 11.6 Å². The van der Waals surface area contributed by atoms with Crippen molar-refractivity contribution in [2.24, 2.45) is 0 Å². The van der Waals surface area contributed by atoms with Gasteiger partial charge in [0.15, 0.2) is 0 Å². The zero-order valence-electron chi connectivity index (χ0n) is 16.6. The Bertz CT molecular complexity index is 1270. The van der Waals surface area contributed by atoms with Crippen LogP contribution in [0.5, 0.6) is 0 Å². The van der Waals surface area contributed by atoms with E-state index in [1.807, 2.05) is 0 Å². The first kappa shape index (κ1) is 22.3. The van der Waals surface area contributed by atoms with Crippen LogP contribution in [0.4, 0.5) is 17.1 Å². The van der Waals surface area contributed by atoms with Crippen LogP contribution in [0, 0.1) is 21.4 Å². The number of furan rings is 1. The number of nitrogens with zero attached hydrogens (tertiary/aromatic N) is 2. The third kappa shape index (κ3) is 5.38. The summed E-state index contributed by atoms with van der Waals surface area (Å²) >= 11 is 5.83. The Morgan fingerprint density at radius 3 is 2.34 bits per heavy atom. The van der Waals surface area contributed by atoms with E-state index in [4.69, 9.17) is 16.0 Å². The summed E-state index contributed by atoms with van der Waals surface area (Å²) in [5.74, 6) is -0.545. The molecule has 2 N–H and O–H groups in total.